The van der Waals surface area contributed by atoms with Gasteiger partial charge in [-0.05, 0) is 19.3 Å². The van der Waals surface area contributed by atoms with Gasteiger partial charge in [-0.3, -0.25) is 14.3 Å². The molecule has 1 aliphatic heterocycles. The maximum atomic E-state index is 11.9. The number of rotatable bonds is 6. The number of aromatic amines is 1. The van der Waals surface area contributed by atoms with Gasteiger partial charge in [0.2, 0.25) is 5.75 Å². The van der Waals surface area contributed by atoms with Crippen LogP contribution in [-0.4, -0.2) is 47.1 Å². The first-order valence-electron chi connectivity index (χ1n) is 6.86. The molecule has 1 fully saturated rings. The molecule has 0 spiro atoms. The Morgan fingerprint density at radius 1 is 1.50 bits per heavy atom. The number of carbonyl (C=O) groups is 1. The van der Waals surface area contributed by atoms with Crippen LogP contribution in [0, 0.1) is 0 Å². The summed E-state index contributed by atoms with van der Waals surface area (Å²) in [5, 5.41) is 8.90. The van der Waals surface area contributed by atoms with Crippen molar-refractivity contribution >= 4 is 5.97 Å². The molecule has 9 nitrogen and oxygen atoms in total. The van der Waals surface area contributed by atoms with E-state index in [9.17, 15) is 14.4 Å². The first kappa shape index (κ1) is 16.2. The van der Waals surface area contributed by atoms with Crippen LogP contribution < -0.4 is 16.0 Å². The average Bonchev–Trinajstić information content (AvgIpc) is 2.94. The largest absolute Gasteiger partial charge is 0.475 e. The topological polar surface area (TPSA) is 120 Å². The predicted molar refractivity (Wildman–Crippen MR) is 73.7 cm³/mol. The van der Waals surface area contributed by atoms with E-state index in [1.165, 1.54) is 17.9 Å². The second-order valence-electron chi connectivity index (χ2n) is 4.83. The van der Waals surface area contributed by atoms with Crippen LogP contribution in [0.5, 0.6) is 5.75 Å². The van der Waals surface area contributed by atoms with E-state index >= 15 is 0 Å². The van der Waals surface area contributed by atoms with E-state index in [2.05, 4.69) is 9.72 Å². The number of nitrogens with zero attached hydrogens (tertiary/aromatic N) is 1. The third-order valence-corrected chi connectivity index (χ3v) is 3.35. The van der Waals surface area contributed by atoms with Gasteiger partial charge >= 0.3 is 11.7 Å². The molecule has 2 N–H and O–H groups in total. The van der Waals surface area contributed by atoms with E-state index in [1.54, 1.807) is 0 Å². The Balaban J connectivity index is 2.16. The number of ether oxygens (including phenoxy) is 3. The summed E-state index contributed by atoms with van der Waals surface area (Å²) in [6, 6.07) is 0. The molecule has 2 atom stereocenters. The van der Waals surface area contributed by atoms with Crippen molar-refractivity contribution in [3.8, 4) is 5.75 Å². The number of methoxy groups -OCH3 is 1. The van der Waals surface area contributed by atoms with E-state index in [-0.39, 0.29) is 18.5 Å². The number of hydrogen-bond donors (Lipinski definition) is 2. The average molecular weight is 314 g/mol. The second-order valence-corrected chi connectivity index (χ2v) is 4.83. The molecule has 0 bridgehead atoms. The Bertz CT molecular complexity index is 636. The summed E-state index contributed by atoms with van der Waals surface area (Å²) in [5.41, 5.74) is -1.35. The van der Waals surface area contributed by atoms with Gasteiger partial charge in [0, 0.05) is 6.61 Å². The fourth-order valence-electron chi connectivity index (χ4n) is 2.23. The smallest absolute Gasteiger partial charge is 0.343 e. The Kier molecular flexibility index (Phi) is 5.34. The Morgan fingerprint density at radius 2 is 2.27 bits per heavy atom. The highest BCUT2D eigenvalue weighted by molar-refractivity contribution is 5.70. The van der Waals surface area contributed by atoms with Gasteiger partial charge in [0.25, 0.3) is 5.56 Å². The molecule has 1 saturated heterocycles. The zero-order valence-electron chi connectivity index (χ0n) is 12.1. The second kappa shape index (κ2) is 7.23. The van der Waals surface area contributed by atoms with E-state index in [0.717, 1.165) is 0 Å². The lowest BCUT2D eigenvalue weighted by Crippen LogP contribution is -2.33. The van der Waals surface area contributed by atoms with Crippen molar-refractivity contribution < 1.29 is 24.1 Å². The zero-order chi connectivity index (χ0) is 16.1. The van der Waals surface area contributed by atoms with E-state index in [1.807, 2.05) is 0 Å². The number of H-pyrrole nitrogens is 1. The Hall–Kier alpha value is -2.13. The Labute approximate surface area is 125 Å². The summed E-state index contributed by atoms with van der Waals surface area (Å²) in [7, 11) is 1.20. The highest BCUT2D eigenvalue weighted by atomic mass is 16.6. The van der Waals surface area contributed by atoms with Crippen LogP contribution in [0.25, 0.3) is 0 Å². The van der Waals surface area contributed by atoms with Gasteiger partial charge in [0.1, 0.15) is 6.23 Å². The minimum Gasteiger partial charge on any atom is -0.475 e. The first-order valence-corrected chi connectivity index (χ1v) is 6.86. The highest BCUT2D eigenvalue weighted by Crippen LogP contribution is 2.28. The Morgan fingerprint density at radius 3 is 2.95 bits per heavy atom. The van der Waals surface area contributed by atoms with Gasteiger partial charge in [-0.1, -0.05) is 0 Å². The number of aromatic nitrogens is 2. The minimum atomic E-state index is -0.727. The molecule has 122 valence electrons. The molecule has 22 heavy (non-hydrogen) atoms. The summed E-state index contributed by atoms with van der Waals surface area (Å²) in [4.78, 5) is 36.7. The van der Waals surface area contributed by atoms with Crippen molar-refractivity contribution in [2.24, 2.45) is 0 Å². The molecule has 1 aromatic heterocycles. The third-order valence-electron chi connectivity index (χ3n) is 3.35. The molecule has 0 aliphatic carbocycles. The molecule has 0 aromatic carbocycles. The van der Waals surface area contributed by atoms with Gasteiger partial charge in [0.15, 0.2) is 6.61 Å². The minimum absolute atomic E-state index is 0.00536. The molecule has 9 heteroatoms. The van der Waals surface area contributed by atoms with Crippen molar-refractivity contribution in [1.29, 1.82) is 0 Å². The van der Waals surface area contributed by atoms with Crippen molar-refractivity contribution in [3.05, 3.63) is 27.0 Å². The van der Waals surface area contributed by atoms with Crippen molar-refractivity contribution in [1.82, 2.24) is 9.55 Å². The molecule has 1 aliphatic rings. The summed E-state index contributed by atoms with van der Waals surface area (Å²) < 4.78 is 16.3. The molecule has 2 unspecified atom stereocenters. The van der Waals surface area contributed by atoms with Gasteiger partial charge in [0.05, 0.1) is 19.4 Å². The fourth-order valence-corrected chi connectivity index (χ4v) is 2.23. The number of aliphatic hydroxyl groups is 1. The zero-order valence-corrected chi connectivity index (χ0v) is 12.1. The number of carbonyl (C=O) groups excluding carboxylic acids is 1. The maximum absolute atomic E-state index is 11.9. The van der Waals surface area contributed by atoms with Gasteiger partial charge in [-0.15, -0.1) is 0 Å². The predicted octanol–water partition coefficient (Wildman–Crippen LogP) is -0.852. The summed E-state index contributed by atoms with van der Waals surface area (Å²) in [6.45, 7) is -0.429. The van der Waals surface area contributed by atoms with E-state index in [0.29, 0.717) is 19.3 Å². The molecule has 2 rings (SSSR count). The molecule has 2 heterocycles. The van der Waals surface area contributed by atoms with Crippen molar-refractivity contribution in [3.63, 3.8) is 0 Å². The molecule has 0 amide bonds. The molecular weight excluding hydrogens is 296 g/mol. The lowest BCUT2D eigenvalue weighted by Gasteiger charge is -2.16. The first-order chi connectivity index (χ1) is 10.5. The highest BCUT2D eigenvalue weighted by Gasteiger charge is 2.27. The molecule has 1 aromatic rings. The van der Waals surface area contributed by atoms with Crippen LogP contribution in [0.4, 0.5) is 0 Å². The lowest BCUT2D eigenvalue weighted by molar-refractivity contribution is -0.142. The third kappa shape index (κ3) is 3.74. The SMILES string of the molecule is COC(=O)COc1cn(C2CCC(CCO)O2)c(=O)[nH]c1=O. The maximum Gasteiger partial charge on any atom is 0.343 e. The van der Waals surface area contributed by atoms with E-state index < -0.39 is 30.1 Å². The number of aliphatic hydroxyl groups excluding tert-OH is 1. The van der Waals surface area contributed by atoms with Crippen LogP contribution in [-0.2, 0) is 14.3 Å². The molecule has 0 radical (unpaired) electrons. The van der Waals surface area contributed by atoms with Gasteiger partial charge < -0.3 is 19.3 Å². The summed E-state index contributed by atoms with van der Waals surface area (Å²) >= 11 is 0. The lowest BCUT2D eigenvalue weighted by atomic mass is 10.2. The van der Waals surface area contributed by atoms with Crippen molar-refractivity contribution in [2.75, 3.05) is 20.3 Å². The van der Waals surface area contributed by atoms with Crippen LogP contribution >= 0.6 is 0 Å². The van der Waals surface area contributed by atoms with Crippen LogP contribution in [0.3, 0.4) is 0 Å². The molecular formula is C13H18N2O7. The van der Waals surface area contributed by atoms with Crippen LogP contribution in [0.2, 0.25) is 0 Å². The monoisotopic (exact) mass is 314 g/mol. The molecule has 0 saturated carbocycles. The van der Waals surface area contributed by atoms with Crippen molar-refractivity contribution in [2.45, 2.75) is 31.6 Å². The quantitative estimate of drug-likeness (QED) is 0.656. The van der Waals surface area contributed by atoms with Gasteiger partial charge in [-0.25, -0.2) is 9.59 Å². The number of hydrogen-bond acceptors (Lipinski definition) is 7. The normalized spacial score (nSPS) is 20.8. The van der Waals surface area contributed by atoms with Gasteiger partial charge in [-0.2, -0.15) is 0 Å². The summed E-state index contributed by atoms with van der Waals surface area (Å²) in [5.74, 6) is -0.809. The van der Waals surface area contributed by atoms with Crippen LogP contribution in [0.1, 0.15) is 25.5 Å². The number of esters is 1. The number of nitrogens with one attached hydrogen (secondary N) is 1. The summed E-state index contributed by atoms with van der Waals surface area (Å²) in [6.07, 6.45) is 2.31. The fraction of sp³-hybridized carbons (Fsp3) is 0.615. The standard InChI is InChI=1S/C13H18N2O7/c1-20-11(17)7-21-9-6-15(13(19)14-12(9)18)10-3-2-8(22-10)4-5-16/h6,8,10,16H,2-5,7H2,1H3,(H,14,18,19). The van der Waals surface area contributed by atoms with E-state index in [4.69, 9.17) is 14.6 Å². The van der Waals surface area contributed by atoms with Crippen LogP contribution in [0.15, 0.2) is 15.8 Å².